The van der Waals surface area contributed by atoms with Gasteiger partial charge in [0.05, 0.1) is 0 Å². The lowest BCUT2D eigenvalue weighted by Gasteiger charge is -2.08. The largest absolute Gasteiger partial charge is 0.454 e. The Morgan fingerprint density at radius 3 is 2.61 bits per heavy atom. The Labute approximate surface area is 161 Å². The molecule has 0 aliphatic carbocycles. The van der Waals surface area contributed by atoms with Gasteiger partial charge in [-0.05, 0) is 29.8 Å². The second-order valence-corrected chi connectivity index (χ2v) is 6.12. The molecule has 28 heavy (non-hydrogen) atoms. The molecular formula is C21H17N3O4. The van der Waals surface area contributed by atoms with Gasteiger partial charge in [-0.1, -0.05) is 30.3 Å². The van der Waals surface area contributed by atoms with Gasteiger partial charge in [-0.15, -0.1) is 0 Å². The van der Waals surface area contributed by atoms with Crippen molar-refractivity contribution in [1.29, 1.82) is 0 Å². The Kier molecular flexibility index (Phi) is 4.88. The molecule has 7 heteroatoms. The van der Waals surface area contributed by atoms with Crippen LogP contribution in [-0.4, -0.2) is 23.6 Å². The third-order valence-corrected chi connectivity index (χ3v) is 4.18. The predicted molar refractivity (Wildman–Crippen MR) is 102 cm³/mol. The fourth-order valence-corrected chi connectivity index (χ4v) is 2.75. The lowest BCUT2D eigenvalue weighted by atomic mass is 10.2. The molecule has 2 N–H and O–H groups in total. The maximum atomic E-state index is 12.5. The van der Waals surface area contributed by atoms with Gasteiger partial charge in [-0.25, -0.2) is 0 Å². The molecule has 1 aliphatic rings. The highest BCUT2D eigenvalue weighted by Crippen LogP contribution is 2.34. The molecule has 0 spiro atoms. The van der Waals surface area contributed by atoms with Gasteiger partial charge in [0.15, 0.2) is 11.5 Å². The average molecular weight is 375 g/mol. The van der Waals surface area contributed by atoms with Gasteiger partial charge in [0.25, 0.3) is 11.8 Å². The van der Waals surface area contributed by atoms with Gasteiger partial charge >= 0.3 is 0 Å². The first-order valence-corrected chi connectivity index (χ1v) is 8.68. The minimum atomic E-state index is -0.420. The van der Waals surface area contributed by atoms with Crippen LogP contribution in [0.15, 0.2) is 66.9 Å². The average Bonchev–Trinajstić information content (AvgIpc) is 3.21. The molecule has 2 amide bonds. The van der Waals surface area contributed by atoms with Crippen LogP contribution in [0.4, 0.5) is 5.69 Å². The highest BCUT2D eigenvalue weighted by molar-refractivity contribution is 6.04. The number of amides is 2. The molecule has 0 bridgehead atoms. The lowest BCUT2D eigenvalue weighted by molar-refractivity contribution is 0.0950. The molecule has 2 aromatic carbocycles. The Balaban J connectivity index is 1.42. The number of rotatable bonds is 5. The van der Waals surface area contributed by atoms with E-state index in [1.807, 2.05) is 30.3 Å². The van der Waals surface area contributed by atoms with E-state index in [1.54, 1.807) is 24.3 Å². The van der Waals surface area contributed by atoms with Crippen LogP contribution in [0.5, 0.6) is 11.5 Å². The van der Waals surface area contributed by atoms with Crippen molar-refractivity contribution in [2.75, 3.05) is 12.1 Å². The van der Waals surface area contributed by atoms with Crippen molar-refractivity contribution in [3.63, 3.8) is 0 Å². The summed E-state index contributed by atoms with van der Waals surface area (Å²) in [5.41, 5.74) is 2.05. The molecule has 0 saturated carbocycles. The summed E-state index contributed by atoms with van der Waals surface area (Å²) in [6.07, 6.45) is 1.44. The molecule has 0 radical (unpaired) electrons. The zero-order valence-corrected chi connectivity index (χ0v) is 14.8. The maximum absolute atomic E-state index is 12.5. The fraction of sp³-hybridized carbons (Fsp3) is 0.0952. The Morgan fingerprint density at radius 1 is 0.929 bits per heavy atom. The van der Waals surface area contributed by atoms with Gasteiger partial charge in [0.2, 0.25) is 6.79 Å². The summed E-state index contributed by atoms with van der Waals surface area (Å²) in [6.45, 7) is 0.565. The lowest BCUT2D eigenvalue weighted by Crippen LogP contribution is -2.23. The first-order valence-electron chi connectivity index (χ1n) is 8.68. The van der Waals surface area contributed by atoms with Crippen molar-refractivity contribution in [2.24, 2.45) is 0 Å². The molecule has 0 atom stereocenters. The predicted octanol–water partition coefficient (Wildman–Crippen LogP) is 2.99. The monoisotopic (exact) mass is 375 g/mol. The SMILES string of the molecule is O=C(NCc1ccccc1)c1ccnc(C(=O)Nc2ccc3c(c2)OCO3)c1. The van der Waals surface area contributed by atoms with Crippen molar-refractivity contribution in [3.8, 4) is 11.5 Å². The summed E-state index contributed by atoms with van der Waals surface area (Å²) in [5.74, 6) is 0.507. The molecule has 1 aromatic heterocycles. The van der Waals surface area contributed by atoms with Gasteiger partial charge in [-0.3, -0.25) is 14.6 Å². The number of hydrogen-bond donors (Lipinski definition) is 2. The number of carbonyl (C=O) groups is 2. The first-order chi connectivity index (χ1) is 13.7. The molecule has 2 heterocycles. The van der Waals surface area contributed by atoms with Gasteiger partial charge < -0.3 is 20.1 Å². The Morgan fingerprint density at radius 2 is 1.75 bits per heavy atom. The Hall–Kier alpha value is -3.87. The zero-order valence-electron chi connectivity index (χ0n) is 14.8. The summed E-state index contributed by atoms with van der Waals surface area (Å²) >= 11 is 0. The summed E-state index contributed by atoms with van der Waals surface area (Å²) in [6, 6.07) is 17.7. The van der Waals surface area contributed by atoms with Crippen LogP contribution in [0.3, 0.4) is 0 Å². The number of anilines is 1. The number of hydrogen-bond acceptors (Lipinski definition) is 5. The molecule has 7 nitrogen and oxygen atoms in total. The maximum Gasteiger partial charge on any atom is 0.274 e. The van der Waals surface area contributed by atoms with Crippen LogP contribution >= 0.6 is 0 Å². The van der Waals surface area contributed by atoms with Crippen LogP contribution in [0.25, 0.3) is 0 Å². The minimum absolute atomic E-state index is 0.144. The molecule has 0 fully saturated rings. The van der Waals surface area contributed by atoms with E-state index >= 15 is 0 Å². The van der Waals surface area contributed by atoms with Crippen molar-refractivity contribution >= 4 is 17.5 Å². The highest BCUT2D eigenvalue weighted by atomic mass is 16.7. The minimum Gasteiger partial charge on any atom is -0.454 e. The van der Waals surface area contributed by atoms with Crippen LogP contribution in [0.2, 0.25) is 0 Å². The van der Waals surface area contributed by atoms with Crippen LogP contribution in [-0.2, 0) is 6.54 Å². The molecule has 1 aliphatic heterocycles. The van der Waals surface area contributed by atoms with Crippen molar-refractivity contribution in [1.82, 2.24) is 10.3 Å². The van der Waals surface area contributed by atoms with Crippen LogP contribution in [0, 0.1) is 0 Å². The summed E-state index contributed by atoms with van der Waals surface area (Å²) in [7, 11) is 0. The summed E-state index contributed by atoms with van der Waals surface area (Å²) in [5, 5.41) is 5.57. The molecule has 3 aromatic rings. The van der Waals surface area contributed by atoms with E-state index in [0.29, 0.717) is 29.3 Å². The zero-order chi connectivity index (χ0) is 19.3. The van der Waals surface area contributed by atoms with E-state index in [1.165, 1.54) is 12.3 Å². The van der Waals surface area contributed by atoms with Gasteiger partial charge in [-0.2, -0.15) is 0 Å². The number of pyridine rings is 1. The third-order valence-electron chi connectivity index (χ3n) is 4.18. The number of nitrogens with one attached hydrogen (secondary N) is 2. The quantitative estimate of drug-likeness (QED) is 0.716. The second kappa shape index (κ2) is 7.79. The normalized spacial score (nSPS) is 11.7. The number of ether oxygens (including phenoxy) is 2. The van der Waals surface area contributed by atoms with E-state index in [9.17, 15) is 9.59 Å². The van der Waals surface area contributed by atoms with Gasteiger partial charge in [0, 0.05) is 30.1 Å². The molecule has 0 unspecified atom stereocenters. The van der Waals surface area contributed by atoms with Crippen LogP contribution in [0.1, 0.15) is 26.4 Å². The number of nitrogens with zero attached hydrogens (tertiary/aromatic N) is 1. The molecular weight excluding hydrogens is 358 g/mol. The third kappa shape index (κ3) is 3.93. The van der Waals surface area contributed by atoms with Crippen molar-refractivity contribution in [2.45, 2.75) is 6.54 Å². The van der Waals surface area contributed by atoms with E-state index in [-0.39, 0.29) is 18.4 Å². The fourth-order valence-electron chi connectivity index (χ4n) is 2.75. The smallest absolute Gasteiger partial charge is 0.274 e. The second-order valence-electron chi connectivity index (χ2n) is 6.12. The molecule has 4 rings (SSSR count). The molecule has 0 saturated heterocycles. The topological polar surface area (TPSA) is 89.6 Å². The van der Waals surface area contributed by atoms with Crippen LogP contribution < -0.4 is 20.1 Å². The number of fused-ring (bicyclic) bond motifs is 1. The highest BCUT2D eigenvalue weighted by Gasteiger charge is 2.16. The van der Waals surface area contributed by atoms with E-state index in [4.69, 9.17) is 9.47 Å². The number of carbonyl (C=O) groups excluding carboxylic acids is 2. The van der Waals surface area contributed by atoms with Gasteiger partial charge in [0.1, 0.15) is 5.69 Å². The van der Waals surface area contributed by atoms with E-state index in [2.05, 4.69) is 15.6 Å². The summed E-state index contributed by atoms with van der Waals surface area (Å²) in [4.78, 5) is 28.9. The Bertz CT molecular complexity index is 1020. The molecule has 140 valence electrons. The van der Waals surface area contributed by atoms with Crippen molar-refractivity contribution < 1.29 is 19.1 Å². The van der Waals surface area contributed by atoms with E-state index in [0.717, 1.165) is 5.56 Å². The standard InChI is InChI=1S/C21H17N3O4/c25-20(23-12-14-4-2-1-3-5-14)15-8-9-22-17(10-15)21(26)24-16-6-7-18-19(11-16)28-13-27-18/h1-11H,12-13H2,(H,23,25)(H,24,26). The number of aromatic nitrogens is 1. The van der Waals surface area contributed by atoms with Crippen molar-refractivity contribution in [3.05, 3.63) is 83.7 Å². The number of benzene rings is 2. The summed E-state index contributed by atoms with van der Waals surface area (Å²) < 4.78 is 10.5. The van der Waals surface area contributed by atoms with E-state index < -0.39 is 5.91 Å². The first kappa shape index (κ1) is 17.5.